The van der Waals surface area contributed by atoms with Gasteiger partial charge in [-0.3, -0.25) is 4.79 Å². The summed E-state index contributed by atoms with van der Waals surface area (Å²) in [5.74, 6) is -0.494. The molecule has 2 N–H and O–H groups in total. The van der Waals surface area contributed by atoms with Crippen LogP contribution in [-0.2, 0) is 11.2 Å². The van der Waals surface area contributed by atoms with E-state index in [0.717, 1.165) is 15.3 Å². The van der Waals surface area contributed by atoms with E-state index in [0.29, 0.717) is 12.0 Å². The Hall–Kier alpha value is -2.02. The number of nitrogens with one attached hydrogen (secondary N) is 1. The molecule has 0 aliphatic rings. The largest absolute Gasteiger partial charge is 0.386 e. The number of aryl methyl sites for hydroxylation is 1. The summed E-state index contributed by atoms with van der Waals surface area (Å²) in [5, 5.41) is 17.0. The lowest BCUT2D eigenvalue weighted by Crippen LogP contribution is -2.28. The molecule has 3 aromatic rings. The van der Waals surface area contributed by atoms with Gasteiger partial charge in [0.05, 0.1) is 0 Å². The summed E-state index contributed by atoms with van der Waals surface area (Å²) >= 11 is 3.15. The van der Waals surface area contributed by atoms with Crippen LogP contribution in [0.2, 0.25) is 0 Å². The number of carbonyl (C=O) groups is 1. The number of hydrogen-bond acceptors (Lipinski definition) is 4. The maximum absolute atomic E-state index is 13.5. The maximum atomic E-state index is 13.5. The van der Waals surface area contributed by atoms with Gasteiger partial charge in [0.2, 0.25) is 5.91 Å². The Labute approximate surface area is 153 Å². The first kappa shape index (κ1) is 17.8. The minimum atomic E-state index is -0.741. The van der Waals surface area contributed by atoms with Gasteiger partial charge < -0.3 is 10.4 Å². The van der Waals surface area contributed by atoms with Crippen molar-refractivity contribution >= 4 is 28.6 Å². The van der Waals surface area contributed by atoms with E-state index in [4.69, 9.17) is 0 Å². The first-order chi connectivity index (χ1) is 12.1. The number of halogens is 1. The van der Waals surface area contributed by atoms with Crippen molar-refractivity contribution in [2.75, 3.05) is 6.54 Å². The third-order valence-electron chi connectivity index (χ3n) is 3.83. The number of amides is 1. The second-order valence-electron chi connectivity index (χ2n) is 5.63. The van der Waals surface area contributed by atoms with Gasteiger partial charge in [-0.2, -0.15) is 11.3 Å². The Morgan fingerprint density at radius 2 is 2.04 bits per heavy atom. The number of aliphatic hydroxyl groups is 1. The van der Waals surface area contributed by atoms with Crippen molar-refractivity contribution in [3.63, 3.8) is 0 Å². The van der Waals surface area contributed by atoms with Gasteiger partial charge in [-0.1, -0.05) is 18.2 Å². The normalized spacial score (nSPS) is 12.1. The van der Waals surface area contributed by atoms with Crippen LogP contribution in [0.5, 0.6) is 0 Å². The van der Waals surface area contributed by atoms with Crippen molar-refractivity contribution in [2.45, 2.75) is 18.9 Å². The van der Waals surface area contributed by atoms with Gasteiger partial charge in [-0.15, -0.1) is 11.3 Å². The van der Waals surface area contributed by atoms with Gasteiger partial charge in [-0.25, -0.2) is 4.39 Å². The van der Waals surface area contributed by atoms with Crippen LogP contribution < -0.4 is 5.32 Å². The van der Waals surface area contributed by atoms with E-state index in [9.17, 15) is 14.3 Å². The standard InChI is InChI=1S/C19H18FNO2S2/c20-15-4-2-1-3-13(15)5-8-19(23)21-11-16(22)18-7-6-17(25-18)14-9-10-24-12-14/h1-4,6-7,9-10,12,16,22H,5,8,11H2,(H,21,23). The third-order valence-corrected chi connectivity index (χ3v) is 5.75. The van der Waals surface area contributed by atoms with Crippen LogP contribution >= 0.6 is 22.7 Å². The van der Waals surface area contributed by atoms with Gasteiger partial charge >= 0.3 is 0 Å². The van der Waals surface area contributed by atoms with Crippen molar-refractivity contribution in [2.24, 2.45) is 0 Å². The number of aliphatic hydroxyl groups excluding tert-OH is 1. The second-order valence-corrected chi connectivity index (χ2v) is 7.52. The van der Waals surface area contributed by atoms with Crippen LogP contribution in [0.4, 0.5) is 4.39 Å². The average molecular weight is 375 g/mol. The summed E-state index contributed by atoms with van der Waals surface area (Å²) in [6.07, 6.45) is -0.205. The molecule has 1 atom stereocenters. The lowest BCUT2D eigenvalue weighted by molar-refractivity contribution is -0.121. The fraction of sp³-hybridized carbons (Fsp3) is 0.211. The first-order valence-electron chi connectivity index (χ1n) is 7.94. The summed E-state index contributed by atoms with van der Waals surface area (Å²) in [5.41, 5.74) is 1.67. The molecule has 0 bridgehead atoms. The van der Waals surface area contributed by atoms with Crippen molar-refractivity contribution in [3.8, 4) is 10.4 Å². The molecule has 3 rings (SSSR count). The molecule has 0 radical (unpaired) electrons. The van der Waals surface area contributed by atoms with Gasteiger partial charge in [-0.05, 0) is 47.0 Å². The minimum Gasteiger partial charge on any atom is -0.386 e. The molecule has 0 aliphatic heterocycles. The molecule has 0 spiro atoms. The van der Waals surface area contributed by atoms with E-state index in [1.807, 2.05) is 23.6 Å². The topological polar surface area (TPSA) is 49.3 Å². The van der Waals surface area contributed by atoms with Gasteiger partial charge in [0.15, 0.2) is 0 Å². The lowest BCUT2D eigenvalue weighted by Gasteiger charge is -2.10. The molecule has 0 saturated carbocycles. The molecule has 130 valence electrons. The molecule has 0 aliphatic carbocycles. The molecule has 1 aromatic carbocycles. The van der Waals surface area contributed by atoms with Gasteiger partial charge in [0.25, 0.3) is 0 Å². The van der Waals surface area contributed by atoms with Crippen LogP contribution in [0.1, 0.15) is 23.0 Å². The smallest absolute Gasteiger partial charge is 0.220 e. The van der Waals surface area contributed by atoms with E-state index in [1.165, 1.54) is 17.4 Å². The Kier molecular flexibility index (Phi) is 5.96. The van der Waals surface area contributed by atoms with Crippen molar-refractivity contribution in [1.82, 2.24) is 5.32 Å². The van der Waals surface area contributed by atoms with Crippen molar-refractivity contribution in [1.29, 1.82) is 0 Å². The second kappa shape index (κ2) is 8.38. The van der Waals surface area contributed by atoms with Crippen LogP contribution in [0.15, 0.2) is 53.2 Å². The highest BCUT2D eigenvalue weighted by Gasteiger charge is 2.13. The summed E-state index contributed by atoms with van der Waals surface area (Å²) in [6.45, 7) is 0.152. The summed E-state index contributed by atoms with van der Waals surface area (Å²) in [6, 6.07) is 12.3. The Morgan fingerprint density at radius 1 is 1.20 bits per heavy atom. The highest BCUT2D eigenvalue weighted by molar-refractivity contribution is 7.16. The zero-order valence-corrected chi connectivity index (χ0v) is 15.1. The highest BCUT2D eigenvalue weighted by atomic mass is 32.1. The first-order valence-corrected chi connectivity index (χ1v) is 9.70. The predicted molar refractivity (Wildman–Crippen MR) is 100 cm³/mol. The number of benzene rings is 1. The molecule has 6 heteroatoms. The zero-order chi connectivity index (χ0) is 17.6. The molecular weight excluding hydrogens is 357 g/mol. The Balaban J connectivity index is 1.48. The fourth-order valence-corrected chi connectivity index (χ4v) is 4.16. The zero-order valence-electron chi connectivity index (χ0n) is 13.4. The molecular formula is C19H18FNO2S2. The van der Waals surface area contributed by atoms with Gasteiger partial charge in [0.1, 0.15) is 11.9 Å². The average Bonchev–Trinajstić information content (AvgIpc) is 3.30. The molecule has 2 heterocycles. The quantitative estimate of drug-likeness (QED) is 0.643. The van der Waals surface area contributed by atoms with E-state index < -0.39 is 6.10 Å². The van der Waals surface area contributed by atoms with Crippen LogP contribution in [-0.4, -0.2) is 17.6 Å². The molecule has 0 fully saturated rings. The van der Waals surface area contributed by atoms with E-state index in [2.05, 4.69) is 10.7 Å². The number of rotatable bonds is 7. The molecule has 1 unspecified atom stereocenters. The molecule has 25 heavy (non-hydrogen) atoms. The summed E-state index contributed by atoms with van der Waals surface area (Å²) in [4.78, 5) is 13.8. The fourth-order valence-electron chi connectivity index (χ4n) is 2.44. The number of thiophene rings is 2. The summed E-state index contributed by atoms with van der Waals surface area (Å²) in [7, 11) is 0. The van der Waals surface area contributed by atoms with Crippen LogP contribution in [0, 0.1) is 5.82 Å². The molecule has 3 nitrogen and oxygen atoms in total. The highest BCUT2D eigenvalue weighted by Crippen LogP contribution is 2.32. The number of hydrogen-bond donors (Lipinski definition) is 2. The van der Waals surface area contributed by atoms with Gasteiger partial charge in [0, 0.05) is 28.3 Å². The molecule has 2 aromatic heterocycles. The van der Waals surface area contributed by atoms with E-state index in [1.54, 1.807) is 29.5 Å². The van der Waals surface area contributed by atoms with E-state index >= 15 is 0 Å². The molecule has 0 saturated heterocycles. The third kappa shape index (κ3) is 4.75. The monoisotopic (exact) mass is 375 g/mol. The summed E-state index contributed by atoms with van der Waals surface area (Å²) < 4.78 is 13.5. The molecule has 1 amide bonds. The lowest BCUT2D eigenvalue weighted by atomic mass is 10.1. The SMILES string of the molecule is O=C(CCc1ccccc1F)NCC(O)c1ccc(-c2ccsc2)s1. The maximum Gasteiger partial charge on any atom is 0.220 e. The van der Waals surface area contributed by atoms with E-state index in [-0.39, 0.29) is 24.7 Å². The minimum absolute atomic E-state index is 0.152. The predicted octanol–water partition coefficient (Wildman–Crippen LogP) is 4.40. The van der Waals surface area contributed by atoms with Crippen LogP contribution in [0.3, 0.4) is 0 Å². The Morgan fingerprint density at radius 3 is 2.80 bits per heavy atom. The van der Waals surface area contributed by atoms with Crippen molar-refractivity contribution in [3.05, 3.63) is 69.5 Å². The van der Waals surface area contributed by atoms with Crippen molar-refractivity contribution < 1.29 is 14.3 Å². The van der Waals surface area contributed by atoms with Crippen LogP contribution in [0.25, 0.3) is 10.4 Å². The number of carbonyl (C=O) groups excluding carboxylic acids is 1. The Bertz CT molecular complexity index is 830.